The second-order valence-corrected chi connectivity index (χ2v) is 24.0. The molecule has 0 rings (SSSR count). The molecule has 54 heavy (non-hydrogen) atoms. The average Bonchev–Trinajstić information content (AvgIpc) is 3.18. The fourth-order valence-electron chi connectivity index (χ4n) is 9.58. The molecule has 0 aromatic rings. The van der Waals surface area contributed by atoms with E-state index in [1.165, 1.54) is 244 Å². The number of hydrogen-bond donors (Lipinski definition) is 0. The Balaban J connectivity index is 4.87. The van der Waals surface area contributed by atoms with E-state index in [4.69, 9.17) is 0 Å². The molecule has 1 heteroatoms. The normalized spacial score (nSPS) is 12.3. The zero-order chi connectivity index (χ0) is 39.1. The quantitative estimate of drug-likeness (QED) is 0.0426. The van der Waals surface area contributed by atoms with E-state index in [1.807, 2.05) is 0 Å². The van der Waals surface area contributed by atoms with Crippen LogP contribution in [0.2, 0.25) is 0 Å². The monoisotopic (exact) mass is 779 g/mol. The molecule has 0 saturated carbocycles. The Morgan fingerprint density at radius 1 is 0.148 bits per heavy atom. The summed E-state index contributed by atoms with van der Waals surface area (Å²) >= 11 is 0. The van der Waals surface area contributed by atoms with E-state index in [0.29, 0.717) is 0 Å². The summed E-state index contributed by atoms with van der Waals surface area (Å²) in [6.45, 7) is 9.36. The molecule has 0 aromatic heterocycles. The third-order valence-corrected chi connectivity index (χ3v) is 19.1. The van der Waals surface area contributed by atoms with Crippen LogP contribution in [0.15, 0.2) is 0 Å². The molecule has 0 unspecified atom stereocenters. The van der Waals surface area contributed by atoms with Crippen molar-refractivity contribution >= 4 is 7.26 Å². The van der Waals surface area contributed by atoms with Gasteiger partial charge in [-0.1, -0.05) is 40.0 Å². The second-order valence-electron chi connectivity index (χ2n) is 19.0. The fourth-order valence-corrected chi connectivity index (χ4v) is 15.1. The molecule has 0 spiro atoms. The van der Waals surface area contributed by atoms with Crippen LogP contribution < -0.4 is 0 Å². The van der Waals surface area contributed by atoms with Gasteiger partial charge in [0.15, 0.2) is 0 Å². The van der Waals surface area contributed by atoms with E-state index < -0.39 is 7.26 Å². The van der Waals surface area contributed by atoms with E-state index in [2.05, 4.69) is 27.7 Å². The minimum atomic E-state index is -1.17. The van der Waals surface area contributed by atoms with Crippen molar-refractivity contribution in [3.8, 4) is 0 Å². The molecule has 0 aliphatic carbocycles. The van der Waals surface area contributed by atoms with Crippen molar-refractivity contribution in [2.45, 2.75) is 317 Å². The van der Waals surface area contributed by atoms with Gasteiger partial charge in [0.05, 0.1) is 0 Å². The summed E-state index contributed by atoms with van der Waals surface area (Å²) in [5.41, 5.74) is 0. The zero-order valence-corrected chi connectivity index (χ0v) is 40.1. The van der Waals surface area contributed by atoms with Crippen molar-refractivity contribution < 1.29 is 0 Å². The molecule has 0 amide bonds. The van der Waals surface area contributed by atoms with Gasteiger partial charge in [-0.25, -0.2) is 0 Å². The Morgan fingerprint density at radius 2 is 0.259 bits per heavy atom. The number of hydrogen-bond acceptors (Lipinski definition) is 0. The average molecular weight is 779 g/mol. The van der Waals surface area contributed by atoms with Crippen LogP contribution in [0, 0.1) is 0 Å². The summed E-state index contributed by atoms with van der Waals surface area (Å²) in [6.07, 6.45) is 74.0. The first-order valence-electron chi connectivity index (χ1n) is 26.7. The van der Waals surface area contributed by atoms with Gasteiger partial charge in [0.25, 0.3) is 0 Å². The summed E-state index contributed by atoms with van der Waals surface area (Å²) in [5.74, 6) is 0. The first-order valence-corrected chi connectivity index (χ1v) is 29.6. The molecule has 0 N–H and O–H groups in total. The summed E-state index contributed by atoms with van der Waals surface area (Å²) in [7, 11) is -1.17. The van der Waals surface area contributed by atoms with Crippen molar-refractivity contribution in [2.75, 3.05) is 24.6 Å². The van der Waals surface area contributed by atoms with Gasteiger partial charge in [0.1, 0.15) is 0 Å². The predicted molar refractivity (Wildman–Crippen MR) is 258 cm³/mol. The van der Waals surface area contributed by atoms with Crippen LogP contribution in [0.3, 0.4) is 0 Å². The summed E-state index contributed by atoms with van der Waals surface area (Å²) in [6, 6.07) is 0. The van der Waals surface area contributed by atoms with Crippen LogP contribution in [-0.4, -0.2) is 24.6 Å². The molecular weight excluding hydrogens is 668 g/mol. The molecule has 0 bridgehead atoms. The number of rotatable bonds is 49. The molecule has 0 saturated heterocycles. The minimum Gasteiger partial charge on any atom is -0.0654 e. The zero-order valence-electron chi connectivity index (χ0n) is 39.1. The molecule has 0 atom stereocenters. The van der Waals surface area contributed by atoms with E-state index in [1.54, 1.807) is 69.6 Å². The SMILES string of the molecule is CCCCCCCCCCCCCC[PH](CCCCCCCCCCC)(CCCCCCCCCCCCCC)CCCCCCCCCCCCCC. The van der Waals surface area contributed by atoms with Crippen molar-refractivity contribution in [3.63, 3.8) is 0 Å². The van der Waals surface area contributed by atoms with Crippen LogP contribution in [0.4, 0.5) is 0 Å². The maximum atomic E-state index is 2.35. The molecule has 328 valence electrons. The van der Waals surface area contributed by atoms with Gasteiger partial charge in [0, 0.05) is 0 Å². The van der Waals surface area contributed by atoms with E-state index in [9.17, 15) is 0 Å². The van der Waals surface area contributed by atoms with E-state index >= 15 is 0 Å². The van der Waals surface area contributed by atoms with Gasteiger partial charge < -0.3 is 0 Å². The van der Waals surface area contributed by atoms with Gasteiger partial charge in [-0.2, -0.15) is 0 Å². The molecule has 0 heterocycles. The predicted octanol–water partition coefficient (Wildman–Crippen LogP) is 20.4. The Morgan fingerprint density at radius 3 is 0.389 bits per heavy atom. The van der Waals surface area contributed by atoms with Crippen LogP contribution in [0.1, 0.15) is 317 Å². The molecule has 0 radical (unpaired) electrons. The Bertz CT molecular complexity index is 572. The van der Waals surface area contributed by atoms with Gasteiger partial charge in [-0.3, -0.25) is 0 Å². The van der Waals surface area contributed by atoms with Crippen molar-refractivity contribution in [1.29, 1.82) is 0 Å². The Hall–Kier alpha value is 0.430. The first-order chi connectivity index (χ1) is 26.7. The van der Waals surface area contributed by atoms with Gasteiger partial charge >= 0.3 is 309 Å². The summed E-state index contributed by atoms with van der Waals surface area (Å²) < 4.78 is 0. The van der Waals surface area contributed by atoms with Crippen LogP contribution in [0.5, 0.6) is 0 Å². The van der Waals surface area contributed by atoms with Crippen LogP contribution in [-0.2, 0) is 0 Å². The van der Waals surface area contributed by atoms with E-state index in [0.717, 1.165) is 0 Å². The third kappa shape index (κ3) is 42.0. The van der Waals surface area contributed by atoms with Gasteiger partial charge in [-0.15, -0.1) is 0 Å². The topological polar surface area (TPSA) is 0 Å². The molecule has 0 aliphatic rings. The maximum absolute atomic E-state index is 2.35. The van der Waals surface area contributed by atoms with Crippen LogP contribution >= 0.6 is 7.26 Å². The molecular formula is C53H111P. The Kier molecular flexibility index (Phi) is 48.2. The van der Waals surface area contributed by atoms with Crippen molar-refractivity contribution in [1.82, 2.24) is 0 Å². The first kappa shape index (κ1) is 54.4. The smallest absolute Gasteiger partial charge is 0.0654 e. The van der Waals surface area contributed by atoms with Crippen molar-refractivity contribution in [3.05, 3.63) is 0 Å². The molecule has 0 nitrogen and oxygen atoms in total. The van der Waals surface area contributed by atoms with Crippen molar-refractivity contribution in [2.24, 2.45) is 0 Å². The third-order valence-electron chi connectivity index (χ3n) is 13.5. The molecule has 0 fully saturated rings. The van der Waals surface area contributed by atoms with Crippen LogP contribution in [0.25, 0.3) is 0 Å². The van der Waals surface area contributed by atoms with Gasteiger partial charge in [0.2, 0.25) is 0 Å². The van der Waals surface area contributed by atoms with E-state index in [-0.39, 0.29) is 0 Å². The Labute approximate surface area is 347 Å². The summed E-state index contributed by atoms with van der Waals surface area (Å²) in [4.78, 5) is 0. The standard InChI is InChI=1S/C53H111P/c1-5-9-13-17-21-25-28-31-35-39-43-47-51-54(50-46-42-38-34-24-20-16-12-8-4,52-48-44-40-36-32-29-26-22-18-14-10-6-2)53-49-45-41-37-33-30-27-23-19-15-11-7-3/h54H,5-53H2,1-4H3. The minimum absolute atomic E-state index is 1.17. The number of unbranched alkanes of at least 4 members (excludes halogenated alkanes) is 41. The molecule has 0 aliphatic heterocycles. The molecule has 0 aromatic carbocycles. The second kappa shape index (κ2) is 47.8. The van der Waals surface area contributed by atoms with Gasteiger partial charge in [-0.05, 0) is 0 Å². The fraction of sp³-hybridized carbons (Fsp3) is 1.00. The summed E-state index contributed by atoms with van der Waals surface area (Å²) in [5, 5.41) is 0.